The summed E-state index contributed by atoms with van der Waals surface area (Å²) < 4.78 is 10.5. The molecule has 28 heavy (non-hydrogen) atoms. The molecule has 1 amide bonds. The van der Waals surface area contributed by atoms with E-state index in [9.17, 15) is 9.59 Å². The number of halogens is 2. The fourth-order valence-corrected chi connectivity index (χ4v) is 3.28. The summed E-state index contributed by atoms with van der Waals surface area (Å²) in [6, 6.07) is 10.7. The normalized spacial score (nSPS) is 11.6. The highest BCUT2D eigenvalue weighted by Crippen LogP contribution is 2.26. The minimum absolute atomic E-state index is 0.125. The molecule has 0 bridgehead atoms. The van der Waals surface area contributed by atoms with Crippen LogP contribution in [0, 0.1) is 5.92 Å². The summed E-state index contributed by atoms with van der Waals surface area (Å²) in [4.78, 5) is 25.7. The highest BCUT2D eigenvalue weighted by molar-refractivity contribution is 6.42. The number of hydrogen-bond acceptors (Lipinski definition) is 4. The van der Waals surface area contributed by atoms with Gasteiger partial charge in [-0.1, -0.05) is 29.3 Å². The molecular formula is C21H23Cl2NO4. The fraction of sp³-hybridized carbons (Fsp3) is 0.333. The van der Waals surface area contributed by atoms with Crippen LogP contribution < -0.4 is 9.47 Å². The molecule has 2 aromatic carbocycles. The van der Waals surface area contributed by atoms with Crippen molar-refractivity contribution in [2.75, 3.05) is 21.3 Å². The van der Waals surface area contributed by atoms with E-state index in [0.717, 1.165) is 17.4 Å². The van der Waals surface area contributed by atoms with Gasteiger partial charge >= 0.3 is 0 Å². The average molecular weight is 424 g/mol. The zero-order valence-corrected chi connectivity index (χ0v) is 17.6. The Morgan fingerprint density at radius 2 is 1.68 bits per heavy atom. The van der Waals surface area contributed by atoms with Crippen molar-refractivity contribution >= 4 is 35.4 Å². The van der Waals surface area contributed by atoms with Crippen molar-refractivity contribution in [2.24, 2.45) is 5.92 Å². The van der Waals surface area contributed by atoms with Crippen molar-refractivity contribution < 1.29 is 19.1 Å². The Morgan fingerprint density at radius 1 is 1.04 bits per heavy atom. The van der Waals surface area contributed by atoms with Crippen molar-refractivity contribution in [3.05, 3.63) is 57.6 Å². The molecule has 1 unspecified atom stereocenters. The molecule has 0 fully saturated rings. The maximum atomic E-state index is 12.9. The van der Waals surface area contributed by atoms with Crippen LogP contribution in [0.25, 0.3) is 0 Å². The van der Waals surface area contributed by atoms with Crippen molar-refractivity contribution in [1.82, 2.24) is 4.90 Å². The van der Waals surface area contributed by atoms with Crippen molar-refractivity contribution in [3.8, 4) is 11.5 Å². The van der Waals surface area contributed by atoms with Gasteiger partial charge in [0.2, 0.25) is 5.91 Å². The summed E-state index contributed by atoms with van der Waals surface area (Å²) in [5.41, 5.74) is 1.72. The molecule has 0 aliphatic carbocycles. The minimum atomic E-state index is -0.479. The van der Waals surface area contributed by atoms with E-state index in [2.05, 4.69) is 0 Å². The molecule has 2 rings (SSSR count). The van der Waals surface area contributed by atoms with E-state index in [1.807, 2.05) is 18.2 Å². The molecule has 0 saturated heterocycles. The monoisotopic (exact) mass is 423 g/mol. The van der Waals surface area contributed by atoms with E-state index in [0.29, 0.717) is 34.5 Å². The smallest absolute Gasteiger partial charge is 0.226 e. The topological polar surface area (TPSA) is 55.8 Å². The lowest BCUT2D eigenvalue weighted by Gasteiger charge is -2.23. The van der Waals surface area contributed by atoms with Crippen LogP contribution in [0.5, 0.6) is 11.5 Å². The predicted molar refractivity (Wildman–Crippen MR) is 110 cm³/mol. The van der Waals surface area contributed by atoms with Crippen LogP contribution in [0.3, 0.4) is 0 Å². The van der Waals surface area contributed by atoms with Gasteiger partial charge in [0.1, 0.15) is 17.8 Å². The van der Waals surface area contributed by atoms with Crippen LogP contribution in [-0.2, 0) is 22.6 Å². The van der Waals surface area contributed by atoms with Crippen molar-refractivity contribution in [2.45, 2.75) is 19.4 Å². The first-order valence-electron chi connectivity index (χ1n) is 8.72. The molecule has 0 N–H and O–H groups in total. The molecule has 0 aromatic heterocycles. The van der Waals surface area contributed by atoms with Crippen LogP contribution in [-0.4, -0.2) is 38.4 Å². The van der Waals surface area contributed by atoms with E-state index in [4.69, 9.17) is 32.7 Å². The van der Waals surface area contributed by atoms with Gasteiger partial charge in [-0.15, -0.1) is 0 Å². The summed E-state index contributed by atoms with van der Waals surface area (Å²) in [5.74, 6) is 0.693. The van der Waals surface area contributed by atoms with Gasteiger partial charge in [0.25, 0.3) is 0 Å². The largest absolute Gasteiger partial charge is 0.497 e. The number of amides is 1. The van der Waals surface area contributed by atoms with Gasteiger partial charge in [0, 0.05) is 32.0 Å². The maximum Gasteiger partial charge on any atom is 0.226 e. The standard InChI is InChI=1S/C21H23Cl2NO4/c1-24(13-15-9-17(27-2)12-18(10-15)28-3)21(26)16(6-7-25)8-14-4-5-19(22)20(23)11-14/h4-5,7,9-12,16H,6,8,13H2,1-3H3. The van der Waals surface area contributed by atoms with Crippen LogP contribution in [0.4, 0.5) is 0 Å². The maximum absolute atomic E-state index is 12.9. The van der Waals surface area contributed by atoms with Gasteiger partial charge in [0.15, 0.2) is 0 Å². The van der Waals surface area contributed by atoms with Gasteiger partial charge in [-0.2, -0.15) is 0 Å². The van der Waals surface area contributed by atoms with Crippen LogP contribution in [0.1, 0.15) is 17.5 Å². The first-order valence-corrected chi connectivity index (χ1v) is 9.48. The second-order valence-corrected chi connectivity index (χ2v) is 7.28. The number of methoxy groups -OCH3 is 2. The number of carbonyl (C=O) groups is 2. The Hall–Kier alpha value is -2.24. The van der Waals surface area contributed by atoms with Gasteiger partial charge < -0.3 is 19.2 Å². The van der Waals surface area contributed by atoms with Crippen LogP contribution >= 0.6 is 23.2 Å². The molecule has 150 valence electrons. The molecule has 0 radical (unpaired) electrons. The number of aldehydes is 1. The van der Waals surface area contributed by atoms with E-state index >= 15 is 0 Å². The minimum Gasteiger partial charge on any atom is -0.497 e. The zero-order chi connectivity index (χ0) is 20.7. The Kier molecular flexibility index (Phi) is 8.15. The number of carbonyl (C=O) groups excluding carboxylic acids is 2. The second-order valence-electron chi connectivity index (χ2n) is 6.47. The SMILES string of the molecule is COc1cc(CN(C)C(=O)C(CC=O)Cc2ccc(Cl)c(Cl)c2)cc(OC)c1. The Bertz CT molecular complexity index is 819. The summed E-state index contributed by atoms with van der Waals surface area (Å²) in [6.07, 6.45) is 1.30. The molecule has 1 atom stereocenters. The van der Waals surface area contributed by atoms with E-state index in [1.54, 1.807) is 44.4 Å². The lowest BCUT2D eigenvalue weighted by Crippen LogP contribution is -2.34. The molecule has 5 nitrogen and oxygen atoms in total. The second kappa shape index (κ2) is 10.3. The molecule has 0 aliphatic rings. The summed E-state index contributed by atoms with van der Waals surface area (Å²) in [5, 5.41) is 0.876. The highest BCUT2D eigenvalue weighted by atomic mass is 35.5. The average Bonchev–Trinajstić information content (AvgIpc) is 2.69. The summed E-state index contributed by atoms with van der Waals surface area (Å²) >= 11 is 12.0. The molecule has 2 aromatic rings. The summed E-state index contributed by atoms with van der Waals surface area (Å²) in [7, 11) is 4.86. The Labute approximate surface area is 175 Å². The van der Waals surface area contributed by atoms with Crippen molar-refractivity contribution in [3.63, 3.8) is 0 Å². The van der Waals surface area contributed by atoms with E-state index < -0.39 is 5.92 Å². The van der Waals surface area contributed by atoms with Crippen LogP contribution in [0.15, 0.2) is 36.4 Å². The number of benzene rings is 2. The van der Waals surface area contributed by atoms with Gasteiger partial charge in [-0.25, -0.2) is 0 Å². The number of hydrogen-bond donors (Lipinski definition) is 0. The lowest BCUT2D eigenvalue weighted by atomic mass is 9.95. The fourth-order valence-electron chi connectivity index (χ4n) is 2.96. The van der Waals surface area contributed by atoms with E-state index in [1.165, 1.54) is 0 Å². The lowest BCUT2D eigenvalue weighted by molar-refractivity contribution is -0.136. The zero-order valence-electron chi connectivity index (χ0n) is 16.1. The Balaban J connectivity index is 2.15. The first kappa shape index (κ1) is 22.1. The quantitative estimate of drug-likeness (QED) is 0.560. The number of nitrogens with zero attached hydrogens (tertiary/aromatic N) is 1. The summed E-state index contributed by atoms with van der Waals surface area (Å²) in [6.45, 7) is 0.364. The van der Waals surface area contributed by atoms with Gasteiger partial charge in [-0.05, 0) is 41.8 Å². The molecular weight excluding hydrogens is 401 g/mol. The molecule has 0 saturated carbocycles. The van der Waals surface area contributed by atoms with Crippen LogP contribution in [0.2, 0.25) is 10.0 Å². The third-order valence-electron chi connectivity index (χ3n) is 4.40. The number of ether oxygens (including phenoxy) is 2. The third-order valence-corrected chi connectivity index (χ3v) is 5.14. The van der Waals surface area contributed by atoms with Crippen molar-refractivity contribution in [1.29, 1.82) is 0 Å². The predicted octanol–water partition coefficient (Wildman–Crippen LogP) is 4.42. The first-order chi connectivity index (χ1) is 13.4. The highest BCUT2D eigenvalue weighted by Gasteiger charge is 2.23. The Morgan fingerprint density at radius 3 is 2.21 bits per heavy atom. The third kappa shape index (κ3) is 5.88. The molecule has 0 spiro atoms. The van der Waals surface area contributed by atoms with Gasteiger partial charge in [-0.3, -0.25) is 4.79 Å². The van der Waals surface area contributed by atoms with E-state index in [-0.39, 0.29) is 12.3 Å². The molecule has 0 heterocycles. The molecule has 7 heteroatoms. The number of rotatable bonds is 9. The molecule has 0 aliphatic heterocycles. The van der Waals surface area contributed by atoms with Gasteiger partial charge in [0.05, 0.1) is 24.3 Å².